The number of hydrogen-bond donors (Lipinski definition) is 0. The summed E-state index contributed by atoms with van der Waals surface area (Å²) >= 11 is 0. The van der Waals surface area contributed by atoms with Gasteiger partial charge in [0.2, 0.25) is 0 Å². The van der Waals surface area contributed by atoms with E-state index < -0.39 is 8.56 Å². The zero-order valence-electron chi connectivity index (χ0n) is 13.4. The van der Waals surface area contributed by atoms with E-state index in [0.717, 1.165) is 25.5 Å². The minimum Gasteiger partial charge on any atom is -0.395 e. The molecule has 1 aliphatic rings. The van der Waals surface area contributed by atoms with Crippen molar-refractivity contribution in [3.63, 3.8) is 0 Å². The van der Waals surface area contributed by atoms with Crippen LogP contribution in [0.4, 0.5) is 0 Å². The zero-order chi connectivity index (χ0) is 14.8. The quantitative estimate of drug-likeness (QED) is 0.227. The van der Waals surface area contributed by atoms with Crippen LogP contribution < -0.4 is 0 Å². The van der Waals surface area contributed by atoms with E-state index in [0.29, 0.717) is 32.5 Å². The van der Waals surface area contributed by atoms with Crippen LogP contribution in [0, 0.1) is 0 Å². The highest BCUT2D eigenvalue weighted by Gasteiger charge is 2.32. The van der Waals surface area contributed by atoms with Gasteiger partial charge in [0, 0.05) is 13.2 Å². The molecule has 0 amide bonds. The first kappa shape index (κ1) is 18.1. The summed E-state index contributed by atoms with van der Waals surface area (Å²) in [5, 5.41) is 0. The Hall–Kier alpha value is 0.0169. The first-order valence-electron chi connectivity index (χ1n) is 7.72. The highest BCUT2D eigenvalue weighted by Crippen LogP contribution is 2.18. The molecule has 0 aromatic carbocycles. The van der Waals surface area contributed by atoms with Gasteiger partial charge in [0.25, 0.3) is 0 Å². The third-order valence-corrected chi connectivity index (χ3v) is 6.20. The molecule has 1 fully saturated rings. The Bertz CT molecular complexity index is 242. The molecule has 0 aromatic heterocycles. The van der Waals surface area contributed by atoms with E-state index in [1.54, 1.807) is 0 Å². The number of ether oxygens (including phenoxy) is 3. The Balaban J connectivity index is 2.05. The SMILES string of the molecule is CCC[Si](C)(OCC)OC(C)OCCCOCC1CO1. The lowest BCUT2D eigenvalue weighted by atomic mass is 10.5. The van der Waals surface area contributed by atoms with Crippen LogP contribution in [0.15, 0.2) is 0 Å². The molecule has 1 saturated heterocycles. The van der Waals surface area contributed by atoms with Crippen LogP contribution in [0.3, 0.4) is 0 Å². The Labute approximate surface area is 124 Å². The van der Waals surface area contributed by atoms with Crippen molar-refractivity contribution < 1.29 is 23.1 Å². The summed E-state index contributed by atoms with van der Waals surface area (Å²) in [6.45, 7) is 11.8. The molecule has 0 aromatic rings. The molecule has 0 N–H and O–H groups in total. The molecule has 6 heteroatoms. The van der Waals surface area contributed by atoms with Gasteiger partial charge in [-0.05, 0) is 32.9 Å². The molecule has 1 aliphatic heterocycles. The van der Waals surface area contributed by atoms with E-state index in [1.165, 1.54) is 0 Å². The second-order valence-corrected chi connectivity index (χ2v) is 8.55. The largest absolute Gasteiger partial charge is 0.395 e. The van der Waals surface area contributed by atoms with Crippen molar-refractivity contribution in [2.75, 3.05) is 33.0 Å². The van der Waals surface area contributed by atoms with Gasteiger partial charge >= 0.3 is 8.56 Å². The van der Waals surface area contributed by atoms with Crippen LogP contribution in [0.1, 0.15) is 33.6 Å². The van der Waals surface area contributed by atoms with Gasteiger partial charge in [-0.15, -0.1) is 0 Å². The van der Waals surface area contributed by atoms with Crippen molar-refractivity contribution in [2.24, 2.45) is 0 Å². The molecule has 0 spiro atoms. The summed E-state index contributed by atoms with van der Waals surface area (Å²) in [6, 6.07) is 0.999. The summed E-state index contributed by atoms with van der Waals surface area (Å²) < 4.78 is 28.0. The highest BCUT2D eigenvalue weighted by molar-refractivity contribution is 6.66. The van der Waals surface area contributed by atoms with E-state index >= 15 is 0 Å². The van der Waals surface area contributed by atoms with Crippen molar-refractivity contribution in [1.82, 2.24) is 0 Å². The molecule has 0 bridgehead atoms. The topological polar surface area (TPSA) is 49.5 Å². The fourth-order valence-electron chi connectivity index (χ4n) is 2.10. The standard InChI is InChI=1S/C14H30O5Si/c1-5-10-20(4,18-6-2)19-13(3)16-9-7-8-15-11-14-12-17-14/h13-14H,5-12H2,1-4H3. The molecule has 0 saturated carbocycles. The summed E-state index contributed by atoms with van der Waals surface area (Å²) in [5.74, 6) is 0. The number of epoxide rings is 1. The van der Waals surface area contributed by atoms with Crippen LogP contribution in [0.25, 0.3) is 0 Å². The predicted molar refractivity (Wildman–Crippen MR) is 80.0 cm³/mol. The van der Waals surface area contributed by atoms with Crippen LogP contribution in [-0.4, -0.2) is 54.0 Å². The van der Waals surface area contributed by atoms with Crippen molar-refractivity contribution in [2.45, 2.75) is 58.6 Å². The second kappa shape index (κ2) is 9.86. The molecule has 1 heterocycles. The van der Waals surface area contributed by atoms with E-state index in [4.69, 9.17) is 23.1 Å². The molecular formula is C14H30O5Si. The Morgan fingerprint density at radius 2 is 2.05 bits per heavy atom. The van der Waals surface area contributed by atoms with Gasteiger partial charge in [-0.3, -0.25) is 0 Å². The first-order valence-corrected chi connectivity index (χ1v) is 10.2. The van der Waals surface area contributed by atoms with Gasteiger partial charge in [0.15, 0.2) is 0 Å². The van der Waals surface area contributed by atoms with Gasteiger partial charge in [0.1, 0.15) is 12.4 Å². The van der Waals surface area contributed by atoms with Gasteiger partial charge in [0.05, 0.1) is 19.8 Å². The number of rotatable bonds is 13. The molecular weight excluding hydrogens is 276 g/mol. The van der Waals surface area contributed by atoms with E-state index in [1.807, 2.05) is 13.8 Å². The number of hydrogen-bond acceptors (Lipinski definition) is 5. The van der Waals surface area contributed by atoms with Gasteiger partial charge in [-0.25, -0.2) is 0 Å². The minimum atomic E-state index is -2.07. The Morgan fingerprint density at radius 1 is 1.30 bits per heavy atom. The average molecular weight is 306 g/mol. The molecule has 20 heavy (non-hydrogen) atoms. The highest BCUT2D eigenvalue weighted by atomic mass is 28.4. The third kappa shape index (κ3) is 8.34. The Morgan fingerprint density at radius 3 is 2.65 bits per heavy atom. The van der Waals surface area contributed by atoms with Crippen LogP contribution in [0.5, 0.6) is 0 Å². The maximum Gasteiger partial charge on any atom is 0.336 e. The van der Waals surface area contributed by atoms with Crippen LogP contribution in [0.2, 0.25) is 12.6 Å². The second-order valence-electron chi connectivity index (χ2n) is 5.26. The molecule has 120 valence electrons. The fourth-order valence-corrected chi connectivity index (χ4v) is 4.72. The molecule has 0 aliphatic carbocycles. The Kier molecular flexibility index (Phi) is 8.91. The molecule has 1 rings (SSSR count). The summed E-state index contributed by atoms with van der Waals surface area (Å²) in [5.41, 5.74) is 0. The van der Waals surface area contributed by atoms with E-state index in [-0.39, 0.29) is 6.29 Å². The molecule has 3 unspecified atom stereocenters. The van der Waals surface area contributed by atoms with Crippen molar-refractivity contribution in [3.05, 3.63) is 0 Å². The van der Waals surface area contributed by atoms with Crippen molar-refractivity contribution in [1.29, 1.82) is 0 Å². The van der Waals surface area contributed by atoms with Gasteiger partial charge in [-0.2, -0.15) is 0 Å². The smallest absolute Gasteiger partial charge is 0.336 e. The maximum absolute atomic E-state index is 6.01. The lowest BCUT2D eigenvalue weighted by molar-refractivity contribution is -0.0902. The molecule has 0 radical (unpaired) electrons. The fraction of sp³-hybridized carbons (Fsp3) is 1.00. The van der Waals surface area contributed by atoms with E-state index in [2.05, 4.69) is 13.5 Å². The van der Waals surface area contributed by atoms with Gasteiger partial charge < -0.3 is 23.1 Å². The summed E-state index contributed by atoms with van der Waals surface area (Å²) in [7, 11) is -2.07. The zero-order valence-corrected chi connectivity index (χ0v) is 14.4. The third-order valence-electron chi connectivity index (χ3n) is 3.06. The van der Waals surface area contributed by atoms with Gasteiger partial charge in [-0.1, -0.05) is 13.3 Å². The molecule has 5 nitrogen and oxygen atoms in total. The monoisotopic (exact) mass is 306 g/mol. The molecule has 3 atom stereocenters. The minimum absolute atomic E-state index is 0.212. The summed E-state index contributed by atoms with van der Waals surface area (Å²) in [6.07, 6.45) is 2.08. The lowest BCUT2D eigenvalue weighted by Crippen LogP contribution is -2.42. The normalized spacial score (nSPS) is 22.5. The summed E-state index contributed by atoms with van der Waals surface area (Å²) in [4.78, 5) is 0. The van der Waals surface area contributed by atoms with E-state index in [9.17, 15) is 0 Å². The van der Waals surface area contributed by atoms with Crippen LogP contribution in [-0.2, 0) is 23.1 Å². The first-order chi connectivity index (χ1) is 9.59. The van der Waals surface area contributed by atoms with Crippen LogP contribution >= 0.6 is 0 Å². The maximum atomic E-state index is 6.01. The average Bonchev–Trinajstić information content (AvgIpc) is 3.17. The predicted octanol–water partition coefficient (Wildman–Crippen LogP) is 2.69. The van der Waals surface area contributed by atoms with Crippen molar-refractivity contribution >= 4 is 8.56 Å². The van der Waals surface area contributed by atoms with Crippen molar-refractivity contribution in [3.8, 4) is 0 Å². The lowest BCUT2D eigenvalue weighted by Gasteiger charge is -2.29.